The van der Waals surface area contributed by atoms with Crippen molar-refractivity contribution in [2.45, 2.75) is 31.2 Å². The Labute approximate surface area is 105 Å². The first kappa shape index (κ1) is 11.3. The van der Waals surface area contributed by atoms with Crippen molar-refractivity contribution in [3.63, 3.8) is 0 Å². The van der Waals surface area contributed by atoms with Crippen LogP contribution >= 0.6 is 27.5 Å². The smallest absolute Gasteiger partial charge is 0.0510 e. The Morgan fingerprint density at radius 3 is 2.67 bits per heavy atom. The standard InChI is InChI=1S/C12H15BrClN/c1-15(10-3-2-4-10)12-6-5-9(8-14)7-11(12)13/h5-7,10H,2-4,8H2,1H3. The van der Waals surface area contributed by atoms with Gasteiger partial charge in [0.1, 0.15) is 0 Å². The summed E-state index contributed by atoms with van der Waals surface area (Å²) in [5.74, 6) is 0.575. The molecule has 3 heteroatoms. The quantitative estimate of drug-likeness (QED) is 0.754. The maximum atomic E-state index is 5.80. The summed E-state index contributed by atoms with van der Waals surface area (Å²) in [6, 6.07) is 7.09. The van der Waals surface area contributed by atoms with Crippen LogP contribution in [0.1, 0.15) is 24.8 Å². The highest BCUT2D eigenvalue weighted by molar-refractivity contribution is 9.10. The Hall–Kier alpha value is -0.210. The van der Waals surface area contributed by atoms with Gasteiger partial charge in [-0.05, 0) is 52.9 Å². The summed E-state index contributed by atoms with van der Waals surface area (Å²) in [4.78, 5) is 2.37. The largest absolute Gasteiger partial charge is 0.371 e. The average Bonchev–Trinajstić information content (AvgIpc) is 2.14. The molecule has 0 heterocycles. The van der Waals surface area contributed by atoms with Gasteiger partial charge in [-0.1, -0.05) is 6.07 Å². The molecule has 0 atom stereocenters. The maximum absolute atomic E-state index is 5.80. The van der Waals surface area contributed by atoms with Gasteiger partial charge in [0.15, 0.2) is 0 Å². The van der Waals surface area contributed by atoms with Crippen LogP contribution < -0.4 is 4.90 Å². The number of hydrogen-bond donors (Lipinski definition) is 0. The summed E-state index contributed by atoms with van der Waals surface area (Å²) in [7, 11) is 2.17. The first-order valence-corrected chi connectivity index (χ1v) is 6.62. The summed E-state index contributed by atoms with van der Waals surface area (Å²) in [5.41, 5.74) is 2.43. The van der Waals surface area contributed by atoms with Gasteiger partial charge < -0.3 is 4.90 Å². The highest BCUT2D eigenvalue weighted by Crippen LogP contribution is 2.33. The lowest BCUT2D eigenvalue weighted by molar-refractivity contribution is 0.401. The molecule has 1 saturated carbocycles. The molecule has 0 N–H and O–H groups in total. The number of alkyl halides is 1. The van der Waals surface area contributed by atoms with Crippen molar-refractivity contribution >= 4 is 33.2 Å². The van der Waals surface area contributed by atoms with E-state index in [2.05, 4.69) is 46.1 Å². The number of rotatable bonds is 3. The molecular weight excluding hydrogens is 273 g/mol. The van der Waals surface area contributed by atoms with Gasteiger partial charge >= 0.3 is 0 Å². The van der Waals surface area contributed by atoms with Crippen molar-refractivity contribution in [1.29, 1.82) is 0 Å². The first-order chi connectivity index (χ1) is 7.22. The molecule has 0 aromatic heterocycles. The molecular formula is C12H15BrClN. The van der Waals surface area contributed by atoms with Gasteiger partial charge in [-0.2, -0.15) is 0 Å². The molecule has 0 aliphatic heterocycles. The van der Waals surface area contributed by atoms with E-state index in [1.54, 1.807) is 0 Å². The van der Waals surface area contributed by atoms with Crippen LogP contribution in [0.3, 0.4) is 0 Å². The van der Waals surface area contributed by atoms with Gasteiger partial charge in [-0.3, -0.25) is 0 Å². The topological polar surface area (TPSA) is 3.24 Å². The Balaban J connectivity index is 2.19. The van der Waals surface area contributed by atoms with Gasteiger partial charge in [0.25, 0.3) is 0 Å². The van der Waals surface area contributed by atoms with Crippen molar-refractivity contribution in [3.8, 4) is 0 Å². The van der Waals surface area contributed by atoms with Gasteiger partial charge in [0.2, 0.25) is 0 Å². The Kier molecular flexibility index (Phi) is 3.57. The summed E-state index contributed by atoms with van der Waals surface area (Å²) in [6.07, 6.45) is 4.01. The Morgan fingerprint density at radius 1 is 1.47 bits per heavy atom. The second kappa shape index (κ2) is 4.75. The first-order valence-electron chi connectivity index (χ1n) is 5.29. The zero-order valence-electron chi connectivity index (χ0n) is 8.84. The minimum absolute atomic E-state index is 0.575. The summed E-state index contributed by atoms with van der Waals surface area (Å²) in [5, 5.41) is 0. The molecule has 15 heavy (non-hydrogen) atoms. The number of nitrogens with zero attached hydrogens (tertiary/aromatic N) is 1. The van der Waals surface area contributed by atoms with E-state index in [4.69, 9.17) is 11.6 Å². The minimum Gasteiger partial charge on any atom is -0.371 e. The zero-order valence-corrected chi connectivity index (χ0v) is 11.2. The third-order valence-electron chi connectivity index (χ3n) is 3.17. The molecule has 0 spiro atoms. The molecule has 1 fully saturated rings. The summed E-state index contributed by atoms with van der Waals surface area (Å²) < 4.78 is 1.15. The van der Waals surface area contributed by atoms with Crippen molar-refractivity contribution in [2.24, 2.45) is 0 Å². The van der Waals surface area contributed by atoms with Gasteiger partial charge in [-0.15, -0.1) is 11.6 Å². The normalized spacial score (nSPS) is 16.2. The number of halogens is 2. The van der Waals surface area contributed by atoms with Crippen molar-refractivity contribution in [1.82, 2.24) is 0 Å². The minimum atomic E-state index is 0.575. The van der Waals surface area contributed by atoms with Crippen molar-refractivity contribution in [3.05, 3.63) is 28.2 Å². The van der Waals surface area contributed by atoms with Crippen LogP contribution in [0.2, 0.25) is 0 Å². The molecule has 1 aliphatic carbocycles. The van der Waals surface area contributed by atoms with Crippen LogP contribution in [0, 0.1) is 0 Å². The number of benzene rings is 1. The Morgan fingerprint density at radius 2 is 2.20 bits per heavy atom. The van der Waals surface area contributed by atoms with Crippen LogP contribution in [0.25, 0.3) is 0 Å². The molecule has 1 aromatic carbocycles. The van der Waals surface area contributed by atoms with Crippen molar-refractivity contribution < 1.29 is 0 Å². The summed E-state index contributed by atoms with van der Waals surface area (Å²) >= 11 is 9.41. The average molecular weight is 289 g/mol. The SMILES string of the molecule is CN(c1ccc(CCl)cc1Br)C1CCC1. The fourth-order valence-electron chi connectivity index (χ4n) is 1.89. The monoisotopic (exact) mass is 287 g/mol. The third-order valence-corrected chi connectivity index (χ3v) is 4.11. The van der Waals surface area contributed by atoms with E-state index >= 15 is 0 Å². The van der Waals surface area contributed by atoms with E-state index in [0.29, 0.717) is 5.88 Å². The van der Waals surface area contributed by atoms with Crippen molar-refractivity contribution in [2.75, 3.05) is 11.9 Å². The predicted molar refractivity (Wildman–Crippen MR) is 69.7 cm³/mol. The van der Waals surface area contributed by atoms with E-state index in [1.807, 2.05) is 0 Å². The second-order valence-electron chi connectivity index (χ2n) is 4.12. The zero-order chi connectivity index (χ0) is 10.8. The molecule has 1 nitrogen and oxygen atoms in total. The summed E-state index contributed by atoms with van der Waals surface area (Å²) in [6.45, 7) is 0. The molecule has 0 unspecified atom stereocenters. The van der Waals surface area contributed by atoms with Crippen LogP contribution in [0.4, 0.5) is 5.69 Å². The molecule has 0 bridgehead atoms. The fraction of sp³-hybridized carbons (Fsp3) is 0.500. The fourth-order valence-corrected chi connectivity index (χ4v) is 2.76. The number of hydrogen-bond acceptors (Lipinski definition) is 1. The molecule has 1 aromatic rings. The molecule has 0 radical (unpaired) electrons. The van der Waals surface area contributed by atoms with Crippen LogP contribution in [-0.4, -0.2) is 13.1 Å². The maximum Gasteiger partial charge on any atom is 0.0510 e. The van der Waals surface area contributed by atoms with Crippen LogP contribution in [0.15, 0.2) is 22.7 Å². The number of anilines is 1. The molecule has 82 valence electrons. The Bertz CT molecular complexity index is 349. The van der Waals surface area contributed by atoms with E-state index in [9.17, 15) is 0 Å². The van der Waals surface area contributed by atoms with Crippen LogP contribution in [0.5, 0.6) is 0 Å². The van der Waals surface area contributed by atoms with Gasteiger partial charge in [-0.25, -0.2) is 0 Å². The van der Waals surface area contributed by atoms with E-state index < -0.39 is 0 Å². The van der Waals surface area contributed by atoms with Gasteiger partial charge in [0, 0.05) is 23.4 Å². The highest BCUT2D eigenvalue weighted by Gasteiger charge is 2.23. The third kappa shape index (κ3) is 2.31. The second-order valence-corrected chi connectivity index (χ2v) is 5.24. The highest BCUT2D eigenvalue weighted by atomic mass is 79.9. The molecule has 1 aliphatic rings. The molecule has 2 rings (SSSR count). The lowest BCUT2D eigenvalue weighted by Gasteiger charge is -2.37. The predicted octanol–water partition coefficient (Wildman–Crippen LogP) is 4.18. The molecule has 0 saturated heterocycles. The lowest BCUT2D eigenvalue weighted by Crippen LogP contribution is -2.37. The van der Waals surface area contributed by atoms with E-state index in [1.165, 1.54) is 24.9 Å². The van der Waals surface area contributed by atoms with E-state index in [-0.39, 0.29) is 0 Å². The van der Waals surface area contributed by atoms with E-state index in [0.717, 1.165) is 16.1 Å². The molecule has 0 amide bonds. The van der Waals surface area contributed by atoms with Gasteiger partial charge in [0.05, 0.1) is 5.69 Å². The van der Waals surface area contributed by atoms with Crippen LogP contribution in [-0.2, 0) is 5.88 Å². The lowest BCUT2D eigenvalue weighted by atomic mass is 9.91.